The lowest BCUT2D eigenvalue weighted by atomic mass is 10.0. The molecule has 1 aromatic rings. The molecule has 20 heavy (non-hydrogen) atoms. The average Bonchev–Trinajstić information content (AvgIpc) is 2.97. The maximum atomic E-state index is 6.14. The van der Waals surface area contributed by atoms with Gasteiger partial charge in [-0.15, -0.1) is 0 Å². The highest BCUT2D eigenvalue weighted by molar-refractivity contribution is 5.72. The van der Waals surface area contributed by atoms with E-state index in [4.69, 9.17) is 10.5 Å². The molecule has 1 aliphatic carbocycles. The molecule has 0 aromatic heterocycles. The van der Waals surface area contributed by atoms with Crippen LogP contribution >= 0.6 is 0 Å². The van der Waals surface area contributed by atoms with E-state index in [2.05, 4.69) is 12.2 Å². The normalized spacial score (nSPS) is 15.4. The third-order valence-corrected chi connectivity index (χ3v) is 4.11. The third kappa shape index (κ3) is 4.32. The Morgan fingerprint density at radius 3 is 2.85 bits per heavy atom. The van der Waals surface area contributed by atoms with Gasteiger partial charge in [0.2, 0.25) is 0 Å². The van der Waals surface area contributed by atoms with Gasteiger partial charge in [0.15, 0.2) is 0 Å². The smallest absolute Gasteiger partial charge is 0.144 e. The number of para-hydroxylation sites is 1. The molecular formula is C17H28N2O. The Morgan fingerprint density at radius 2 is 2.10 bits per heavy atom. The molecule has 2 rings (SSSR count). The fourth-order valence-electron chi connectivity index (χ4n) is 2.95. The van der Waals surface area contributed by atoms with Crippen molar-refractivity contribution in [3.8, 4) is 5.75 Å². The van der Waals surface area contributed by atoms with Crippen LogP contribution in [0.4, 0.5) is 11.4 Å². The molecule has 0 spiro atoms. The molecule has 0 amide bonds. The van der Waals surface area contributed by atoms with Gasteiger partial charge in [-0.1, -0.05) is 38.7 Å². The van der Waals surface area contributed by atoms with Gasteiger partial charge < -0.3 is 15.8 Å². The number of benzene rings is 1. The average molecular weight is 276 g/mol. The second-order valence-electron chi connectivity index (χ2n) is 5.79. The van der Waals surface area contributed by atoms with E-state index in [0.717, 1.165) is 42.6 Å². The maximum absolute atomic E-state index is 6.14. The zero-order chi connectivity index (χ0) is 14.2. The zero-order valence-electron chi connectivity index (χ0n) is 12.7. The summed E-state index contributed by atoms with van der Waals surface area (Å²) < 4.78 is 5.65. The van der Waals surface area contributed by atoms with E-state index in [0.29, 0.717) is 0 Å². The second kappa shape index (κ2) is 8.03. The Kier molecular flexibility index (Phi) is 6.03. The quantitative estimate of drug-likeness (QED) is 0.545. The van der Waals surface area contributed by atoms with E-state index in [1.165, 1.54) is 38.5 Å². The largest absolute Gasteiger partial charge is 0.491 e. The number of hydrogen-bond acceptors (Lipinski definition) is 3. The van der Waals surface area contributed by atoms with Crippen LogP contribution in [0.5, 0.6) is 5.75 Å². The Morgan fingerprint density at radius 1 is 1.30 bits per heavy atom. The standard InChI is InChI=1S/C17H28N2O/c1-2-13-20-16-11-5-10-15(17(16)18)19-12-6-9-14-7-3-4-8-14/h5,10-11,14,19H,2-4,6-9,12-13,18H2,1H3. The van der Waals surface area contributed by atoms with Gasteiger partial charge in [-0.25, -0.2) is 0 Å². The summed E-state index contributed by atoms with van der Waals surface area (Å²) in [5.74, 6) is 1.76. The first-order chi connectivity index (χ1) is 9.81. The van der Waals surface area contributed by atoms with Crippen LogP contribution in [0.1, 0.15) is 51.9 Å². The summed E-state index contributed by atoms with van der Waals surface area (Å²) in [6.07, 6.45) is 9.30. The van der Waals surface area contributed by atoms with Crippen LogP contribution in [-0.2, 0) is 0 Å². The SMILES string of the molecule is CCCOc1cccc(NCCCC2CCCC2)c1N. The number of nitrogens with one attached hydrogen (secondary N) is 1. The van der Waals surface area contributed by atoms with Crippen molar-refractivity contribution in [2.45, 2.75) is 51.9 Å². The molecule has 0 atom stereocenters. The van der Waals surface area contributed by atoms with Crippen LogP contribution in [0.3, 0.4) is 0 Å². The summed E-state index contributed by atoms with van der Waals surface area (Å²) in [7, 11) is 0. The number of hydrogen-bond donors (Lipinski definition) is 2. The lowest BCUT2D eigenvalue weighted by Gasteiger charge is -2.14. The minimum absolute atomic E-state index is 0.718. The first kappa shape index (κ1) is 15.0. The van der Waals surface area contributed by atoms with Gasteiger partial charge in [0.05, 0.1) is 18.0 Å². The van der Waals surface area contributed by atoms with Crippen LogP contribution in [0.2, 0.25) is 0 Å². The number of anilines is 2. The lowest BCUT2D eigenvalue weighted by Crippen LogP contribution is -2.07. The number of nitrogens with two attached hydrogens (primary N) is 1. The second-order valence-corrected chi connectivity index (χ2v) is 5.79. The first-order valence-corrected chi connectivity index (χ1v) is 8.06. The monoisotopic (exact) mass is 276 g/mol. The van der Waals surface area contributed by atoms with Gasteiger partial charge >= 0.3 is 0 Å². The summed E-state index contributed by atoms with van der Waals surface area (Å²) in [4.78, 5) is 0. The van der Waals surface area contributed by atoms with Gasteiger partial charge in [-0.2, -0.15) is 0 Å². The Labute approximate surface area is 122 Å². The molecule has 0 heterocycles. The number of nitrogen functional groups attached to an aromatic ring is 1. The van der Waals surface area contributed by atoms with E-state index in [-0.39, 0.29) is 0 Å². The molecule has 0 unspecified atom stereocenters. The van der Waals surface area contributed by atoms with Crippen molar-refractivity contribution in [1.82, 2.24) is 0 Å². The van der Waals surface area contributed by atoms with Gasteiger partial charge in [0.25, 0.3) is 0 Å². The van der Waals surface area contributed by atoms with Gasteiger partial charge in [-0.05, 0) is 37.3 Å². The van der Waals surface area contributed by atoms with Crippen LogP contribution < -0.4 is 15.8 Å². The van der Waals surface area contributed by atoms with Crippen molar-refractivity contribution >= 4 is 11.4 Å². The Balaban J connectivity index is 1.76. The highest BCUT2D eigenvalue weighted by Crippen LogP contribution is 2.30. The molecule has 0 aliphatic heterocycles. The predicted octanol–water partition coefficient (Wildman–Crippen LogP) is 4.44. The van der Waals surface area contributed by atoms with Crippen LogP contribution in [-0.4, -0.2) is 13.2 Å². The molecule has 1 aromatic carbocycles. The third-order valence-electron chi connectivity index (χ3n) is 4.11. The molecule has 0 radical (unpaired) electrons. The molecule has 3 nitrogen and oxygen atoms in total. The molecule has 1 aliphatic rings. The fraction of sp³-hybridized carbons (Fsp3) is 0.647. The van der Waals surface area contributed by atoms with Gasteiger partial charge in [0, 0.05) is 6.54 Å². The summed E-state index contributed by atoms with van der Waals surface area (Å²) in [6, 6.07) is 5.97. The van der Waals surface area contributed by atoms with Crippen molar-refractivity contribution < 1.29 is 4.74 Å². The summed E-state index contributed by atoms with van der Waals surface area (Å²) >= 11 is 0. The molecule has 1 saturated carbocycles. The van der Waals surface area contributed by atoms with E-state index < -0.39 is 0 Å². The van der Waals surface area contributed by atoms with Crippen LogP contribution in [0.15, 0.2) is 18.2 Å². The van der Waals surface area contributed by atoms with Crippen molar-refractivity contribution in [3.63, 3.8) is 0 Å². The first-order valence-electron chi connectivity index (χ1n) is 8.06. The maximum Gasteiger partial charge on any atom is 0.144 e. The van der Waals surface area contributed by atoms with Gasteiger partial charge in [-0.3, -0.25) is 0 Å². The summed E-state index contributed by atoms with van der Waals surface area (Å²) in [6.45, 7) is 3.81. The lowest BCUT2D eigenvalue weighted by molar-refractivity contribution is 0.319. The highest BCUT2D eigenvalue weighted by Gasteiger charge is 2.14. The van der Waals surface area contributed by atoms with Crippen molar-refractivity contribution in [3.05, 3.63) is 18.2 Å². The Bertz CT molecular complexity index is 400. The predicted molar refractivity (Wildman–Crippen MR) is 86.3 cm³/mol. The molecule has 3 N–H and O–H groups in total. The zero-order valence-corrected chi connectivity index (χ0v) is 12.7. The summed E-state index contributed by atoms with van der Waals surface area (Å²) in [5.41, 5.74) is 7.88. The highest BCUT2D eigenvalue weighted by atomic mass is 16.5. The number of ether oxygens (including phenoxy) is 1. The van der Waals surface area contributed by atoms with Crippen molar-refractivity contribution in [1.29, 1.82) is 0 Å². The van der Waals surface area contributed by atoms with Crippen LogP contribution in [0, 0.1) is 5.92 Å². The summed E-state index contributed by atoms with van der Waals surface area (Å²) in [5, 5.41) is 3.45. The topological polar surface area (TPSA) is 47.3 Å². The van der Waals surface area contributed by atoms with E-state index in [1.807, 2.05) is 18.2 Å². The minimum Gasteiger partial charge on any atom is -0.491 e. The molecule has 3 heteroatoms. The molecule has 0 saturated heterocycles. The molecule has 112 valence electrons. The molecule has 1 fully saturated rings. The van der Waals surface area contributed by atoms with Crippen molar-refractivity contribution in [2.75, 3.05) is 24.2 Å². The molecular weight excluding hydrogens is 248 g/mol. The number of rotatable bonds is 8. The van der Waals surface area contributed by atoms with E-state index in [1.54, 1.807) is 0 Å². The minimum atomic E-state index is 0.718. The van der Waals surface area contributed by atoms with E-state index >= 15 is 0 Å². The van der Waals surface area contributed by atoms with E-state index in [9.17, 15) is 0 Å². The fourth-order valence-corrected chi connectivity index (χ4v) is 2.95. The van der Waals surface area contributed by atoms with Gasteiger partial charge in [0.1, 0.15) is 5.75 Å². The van der Waals surface area contributed by atoms with Crippen LogP contribution in [0.25, 0.3) is 0 Å². The van der Waals surface area contributed by atoms with Crippen molar-refractivity contribution in [2.24, 2.45) is 5.92 Å². The molecule has 0 bridgehead atoms. The Hall–Kier alpha value is -1.38.